The molecule has 0 radical (unpaired) electrons. The lowest BCUT2D eigenvalue weighted by atomic mass is 9.96. The van der Waals surface area contributed by atoms with Crippen LogP contribution in [-0.4, -0.2) is 49.6 Å². The maximum atomic E-state index is 13.9. The molecule has 4 heterocycles. The van der Waals surface area contributed by atoms with Crippen LogP contribution in [-0.2, 0) is 15.3 Å². The van der Waals surface area contributed by atoms with Crippen molar-refractivity contribution >= 4 is 62.9 Å². The maximum absolute atomic E-state index is 13.9. The van der Waals surface area contributed by atoms with Gasteiger partial charge in [-0.3, -0.25) is 14.5 Å². The number of nitrogens with zero attached hydrogens (tertiary/aromatic N) is 5. The number of thioether (sulfide) groups is 1. The summed E-state index contributed by atoms with van der Waals surface area (Å²) in [6, 6.07) is 15.5. The standard InChI is InChI=1S/C34H32ClN5O5S2/c1-5-16-45-24-14-11-22(17-25(24)44-6-2)28-26(29(41)27-20(4)39-15-7-8-19(3)31(39)36-27)30(42)32(43)40(28)33-37-38-34(47-33)46-18-21-9-12-23(35)13-10-21/h7-15,17,28,41H,5-6,16,18H2,1-4H3/b29-26+. The number of halogens is 1. The Morgan fingerprint density at radius 1 is 1.04 bits per heavy atom. The van der Waals surface area contributed by atoms with Crippen LogP contribution in [0.25, 0.3) is 11.4 Å². The van der Waals surface area contributed by atoms with E-state index in [0.29, 0.717) is 56.7 Å². The number of carbonyl (C=O) groups is 2. The fourth-order valence-corrected chi connectivity index (χ4v) is 7.35. The Bertz CT molecular complexity index is 2010. The Labute approximate surface area is 285 Å². The number of Topliss-reactive ketones (excluding diaryl/α,β-unsaturated/α-hetero) is 1. The molecule has 47 heavy (non-hydrogen) atoms. The van der Waals surface area contributed by atoms with Crippen molar-refractivity contribution in [3.63, 3.8) is 0 Å². The Morgan fingerprint density at radius 2 is 1.83 bits per heavy atom. The van der Waals surface area contributed by atoms with Crippen molar-refractivity contribution in [2.45, 2.75) is 50.3 Å². The molecule has 0 saturated carbocycles. The normalized spacial score (nSPS) is 15.9. The molecule has 1 N–H and O–H groups in total. The molecule has 1 aliphatic rings. The minimum Gasteiger partial charge on any atom is -0.505 e. The Kier molecular flexibility index (Phi) is 9.53. The summed E-state index contributed by atoms with van der Waals surface area (Å²) in [5.41, 5.74) is 3.85. The summed E-state index contributed by atoms with van der Waals surface area (Å²) in [5.74, 6) is -0.447. The molecule has 1 fully saturated rings. The van der Waals surface area contributed by atoms with E-state index in [-0.39, 0.29) is 22.2 Å². The molecule has 5 aromatic rings. The number of fused-ring (bicyclic) bond motifs is 1. The van der Waals surface area contributed by atoms with Crippen LogP contribution in [0.4, 0.5) is 5.13 Å². The van der Waals surface area contributed by atoms with Gasteiger partial charge in [0, 0.05) is 17.0 Å². The summed E-state index contributed by atoms with van der Waals surface area (Å²) < 4.78 is 14.3. The van der Waals surface area contributed by atoms with E-state index in [4.69, 9.17) is 26.1 Å². The zero-order valence-electron chi connectivity index (χ0n) is 26.2. The van der Waals surface area contributed by atoms with Crippen molar-refractivity contribution in [1.29, 1.82) is 0 Å². The number of rotatable bonds is 11. The number of ketones is 1. The monoisotopic (exact) mass is 689 g/mol. The van der Waals surface area contributed by atoms with Gasteiger partial charge in [0.2, 0.25) is 5.13 Å². The predicted octanol–water partition coefficient (Wildman–Crippen LogP) is 7.56. The molecule has 0 bridgehead atoms. The van der Waals surface area contributed by atoms with Gasteiger partial charge in [0.25, 0.3) is 5.78 Å². The van der Waals surface area contributed by atoms with Crippen molar-refractivity contribution < 1.29 is 24.2 Å². The Morgan fingerprint density at radius 3 is 2.55 bits per heavy atom. The number of aliphatic hydroxyl groups excluding tert-OH is 1. The van der Waals surface area contributed by atoms with Crippen molar-refractivity contribution in [1.82, 2.24) is 19.6 Å². The van der Waals surface area contributed by atoms with Gasteiger partial charge in [0.05, 0.1) is 30.5 Å². The quantitative estimate of drug-likeness (QED) is 0.0493. The highest BCUT2D eigenvalue weighted by Crippen LogP contribution is 2.46. The lowest BCUT2D eigenvalue weighted by Gasteiger charge is -2.23. The molecule has 6 rings (SSSR count). The number of amides is 1. The number of ether oxygens (including phenoxy) is 2. The van der Waals surface area contributed by atoms with Crippen molar-refractivity contribution in [3.05, 3.63) is 99.5 Å². The second-order valence-corrected chi connectivity index (χ2v) is 13.5. The molecular formula is C34H32ClN5O5S2. The largest absolute Gasteiger partial charge is 0.505 e. The van der Waals surface area contributed by atoms with Crippen LogP contribution >= 0.6 is 34.7 Å². The van der Waals surface area contributed by atoms with Crippen molar-refractivity contribution in [3.8, 4) is 11.5 Å². The van der Waals surface area contributed by atoms with Crippen LogP contribution < -0.4 is 14.4 Å². The molecule has 1 amide bonds. The van der Waals surface area contributed by atoms with Gasteiger partial charge in [-0.15, -0.1) is 10.2 Å². The number of aryl methyl sites for hydroxylation is 2. The summed E-state index contributed by atoms with van der Waals surface area (Å²) in [7, 11) is 0. The smallest absolute Gasteiger partial charge is 0.301 e. The summed E-state index contributed by atoms with van der Waals surface area (Å²) in [4.78, 5) is 33.7. The number of aromatic nitrogens is 4. The number of hydrogen-bond acceptors (Lipinski definition) is 10. The molecule has 1 aliphatic heterocycles. The van der Waals surface area contributed by atoms with E-state index in [2.05, 4.69) is 10.2 Å². The van der Waals surface area contributed by atoms with Gasteiger partial charge in [0.1, 0.15) is 11.3 Å². The fraction of sp³-hybridized carbons (Fsp3) is 0.265. The van der Waals surface area contributed by atoms with E-state index in [1.165, 1.54) is 28.0 Å². The minimum atomic E-state index is -1.04. The molecule has 1 atom stereocenters. The predicted molar refractivity (Wildman–Crippen MR) is 184 cm³/mol. The highest BCUT2D eigenvalue weighted by atomic mass is 35.5. The summed E-state index contributed by atoms with van der Waals surface area (Å²) in [6.07, 6.45) is 2.64. The van der Waals surface area contributed by atoms with Gasteiger partial charge in [-0.25, -0.2) is 4.98 Å². The molecule has 1 unspecified atom stereocenters. The molecule has 0 aliphatic carbocycles. The first-order chi connectivity index (χ1) is 22.7. The summed E-state index contributed by atoms with van der Waals surface area (Å²) >= 11 is 8.67. The molecule has 0 spiro atoms. The third kappa shape index (κ3) is 6.32. The SMILES string of the molecule is CCCOc1ccc(C2/C(=C(\O)c3nc4c(C)cccn4c3C)C(=O)C(=O)N2c2nnc(SCc3ccc(Cl)cc3)s2)cc1OCC. The number of anilines is 1. The van der Waals surface area contributed by atoms with Crippen LogP contribution in [0.1, 0.15) is 54.4 Å². The van der Waals surface area contributed by atoms with Gasteiger partial charge in [-0.2, -0.15) is 0 Å². The van der Waals surface area contributed by atoms with Crippen LogP contribution in [0.3, 0.4) is 0 Å². The van der Waals surface area contributed by atoms with Crippen molar-refractivity contribution in [2.75, 3.05) is 18.1 Å². The minimum absolute atomic E-state index is 0.102. The van der Waals surface area contributed by atoms with E-state index >= 15 is 0 Å². The van der Waals surface area contributed by atoms with Crippen LogP contribution in [0.2, 0.25) is 5.02 Å². The highest BCUT2D eigenvalue weighted by molar-refractivity contribution is 8.00. The Balaban J connectivity index is 1.46. The number of hydrogen-bond donors (Lipinski definition) is 1. The van der Waals surface area contributed by atoms with E-state index in [1.54, 1.807) is 18.2 Å². The summed E-state index contributed by atoms with van der Waals surface area (Å²) in [6.45, 7) is 8.46. The van der Waals surface area contributed by atoms with Gasteiger partial charge >= 0.3 is 5.91 Å². The zero-order valence-corrected chi connectivity index (χ0v) is 28.6. The molecule has 2 aromatic carbocycles. The van der Waals surface area contributed by atoms with Crippen molar-refractivity contribution in [2.24, 2.45) is 0 Å². The maximum Gasteiger partial charge on any atom is 0.301 e. The Hall–Kier alpha value is -4.39. The molecular weight excluding hydrogens is 658 g/mol. The molecule has 13 heteroatoms. The third-order valence-electron chi connectivity index (χ3n) is 7.68. The molecule has 10 nitrogen and oxygen atoms in total. The fourth-order valence-electron chi connectivity index (χ4n) is 5.40. The number of imidazole rings is 1. The van der Waals surface area contributed by atoms with E-state index in [9.17, 15) is 14.7 Å². The summed E-state index contributed by atoms with van der Waals surface area (Å²) in [5, 5.41) is 21.4. The molecule has 3 aromatic heterocycles. The van der Waals surface area contributed by atoms with Crippen LogP contribution in [0, 0.1) is 13.8 Å². The number of pyridine rings is 1. The average molecular weight is 690 g/mol. The first-order valence-corrected chi connectivity index (χ1v) is 17.3. The first kappa shape index (κ1) is 32.5. The molecule has 1 saturated heterocycles. The third-order valence-corrected chi connectivity index (χ3v) is 10.1. The van der Waals surface area contributed by atoms with E-state index in [1.807, 2.05) is 74.7 Å². The second kappa shape index (κ2) is 13.8. The molecule has 242 valence electrons. The van der Waals surface area contributed by atoms with E-state index in [0.717, 1.165) is 17.5 Å². The first-order valence-electron chi connectivity index (χ1n) is 15.1. The lowest BCUT2D eigenvalue weighted by Crippen LogP contribution is -2.29. The topological polar surface area (TPSA) is 119 Å². The van der Waals surface area contributed by atoms with Gasteiger partial charge < -0.3 is 19.0 Å². The highest BCUT2D eigenvalue weighted by Gasteiger charge is 2.49. The number of benzene rings is 2. The average Bonchev–Trinajstić information content (AvgIpc) is 3.75. The van der Waals surface area contributed by atoms with Crippen LogP contribution in [0.5, 0.6) is 11.5 Å². The van der Waals surface area contributed by atoms with E-state index < -0.39 is 17.7 Å². The second-order valence-electron chi connectivity index (χ2n) is 10.9. The van der Waals surface area contributed by atoms with Gasteiger partial charge in [-0.1, -0.05) is 65.9 Å². The van der Waals surface area contributed by atoms with Crippen LogP contribution in [0.15, 0.2) is 70.7 Å². The zero-order chi connectivity index (χ0) is 33.2. The van der Waals surface area contributed by atoms with Gasteiger partial charge in [0.15, 0.2) is 21.6 Å². The number of aliphatic hydroxyl groups is 1. The number of carbonyl (C=O) groups excluding carboxylic acids is 2. The van der Waals surface area contributed by atoms with Gasteiger partial charge in [-0.05, 0) is 74.2 Å². The lowest BCUT2D eigenvalue weighted by molar-refractivity contribution is -0.132.